The van der Waals surface area contributed by atoms with E-state index in [9.17, 15) is 4.79 Å². The molecule has 2 heterocycles. The topological polar surface area (TPSA) is 42.0 Å². The number of hydrogen-bond donors (Lipinski definition) is 1. The number of nitrogens with one attached hydrogen (secondary N) is 1. The number of benzene rings is 1. The average Bonchev–Trinajstić information content (AvgIpc) is 3.04. The fourth-order valence-corrected chi connectivity index (χ4v) is 3.62. The van der Waals surface area contributed by atoms with Gasteiger partial charge in [0.05, 0.1) is 26.0 Å². The maximum atomic E-state index is 12.6. The summed E-state index contributed by atoms with van der Waals surface area (Å²) in [4.78, 5) is 18.3. The van der Waals surface area contributed by atoms with Gasteiger partial charge in [-0.3, -0.25) is 4.79 Å². The van der Waals surface area contributed by atoms with Gasteiger partial charge in [-0.05, 0) is 30.7 Å². The van der Waals surface area contributed by atoms with E-state index < -0.39 is 0 Å². The van der Waals surface area contributed by atoms with E-state index in [2.05, 4.69) is 17.2 Å². The molecule has 5 heteroatoms. The van der Waals surface area contributed by atoms with E-state index in [4.69, 9.17) is 11.6 Å². The second-order valence-corrected chi connectivity index (χ2v) is 7.35. The zero-order chi connectivity index (χ0) is 16.9. The lowest BCUT2D eigenvalue weighted by Crippen LogP contribution is -2.24. The van der Waals surface area contributed by atoms with Crippen molar-refractivity contribution in [3.63, 3.8) is 0 Å². The molecule has 1 N–H and O–H groups in total. The van der Waals surface area contributed by atoms with Crippen molar-refractivity contribution in [1.29, 1.82) is 0 Å². The van der Waals surface area contributed by atoms with Crippen molar-refractivity contribution in [3.05, 3.63) is 52.4 Å². The van der Waals surface area contributed by atoms with Gasteiger partial charge < -0.3 is 5.32 Å². The second-order valence-electron chi connectivity index (χ2n) is 5.64. The fourth-order valence-electron chi connectivity index (χ4n) is 2.61. The van der Waals surface area contributed by atoms with E-state index in [-0.39, 0.29) is 5.91 Å². The van der Waals surface area contributed by atoms with E-state index in [1.165, 1.54) is 11.3 Å². The third kappa shape index (κ3) is 3.77. The monoisotopic (exact) mass is 358 g/mol. The van der Waals surface area contributed by atoms with E-state index >= 15 is 0 Å². The van der Waals surface area contributed by atoms with Crippen LogP contribution < -0.4 is 5.32 Å². The van der Waals surface area contributed by atoms with Crippen LogP contribution in [0.2, 0.25) is 4.34 Å². The Morgan fingerprint density at radius 3 is 2.79 bits per heavy atom. The van der Waals surface area contributed by atoms with Crippen molar-refractivity contribution in [2.24, 2.45) is 0 Å². The highest BCUT2D eigenvalue weighted by molar-refractivity contribution is 7.19. The van der Waals surface area contributed by atoms with Crippen LogP contribution in [0, 0.1) is 0 Å². The van der Waals surface area contributed by atoms with Gasteiger partial charge in [-0.15, -0.1) is 11.3 Å². The third-order valence-electron chi connectivity index (χ3n) is 3.85. The first-order valence-corrected chi connectivity index (χ1v) is 9.32. The van der Waals surface area contributed by atoms with Gasteiger partial charge in [-0.1, -0.05) is 49.6 Å². The van der Waals surface area contributed by atoms with Crippen molar-refractivity contribution in [2.75, 3.05) is 6.54 Å². The lowest BCUT2D eigenvalue weighted by Gasteiger charge is -2.10. The van der Waals surface area contributed by atoms with Crippen molar-refractivity contribution in [2.45, 2.75) is 26.2 Å². The molecule has 1 aromatic carbocycles. The minimum Gasteiger partial charge on any atom is -0.352 e. The lowest BCUT2D eigenvalue weighted by molar-refractivity contribution is 0.0954. The number of pyridine rings is 1. The molecule has 0 bridgehead atoms. The summed E-state index contributed by atoms with van der Waals surface area (Å²) in [7, 11) is 0. The molecule has 1 amide bonds. The van der Waals surface area contributed by atoms with Crippen molar-refractivity contribution < 1.29 is 4.79 Å². The number of hydrogen-bond acceptors (Lipinski definition) is 3. The number of carbonyl (C=O) groups excluding carboxylic acids is 1. The van der Waals surface area contributed by atoms with Gasteiger partial charge in [-0.2, -0.15) is 0 Å². The summed E-state index contributed by atoms with van der Waals surface area (Å²) in [5, 5.41) is 3.89. The van der Waals surface area contributed by atoms with Gasteiger partial charge in [0.1, 0.15) is 0 Å². The average molecular weight is 359 g/mol. The number of nitrogens with zero attached hydrogens (tertiary/aromatic N) is 1. The first-order valence-electron chi connectivity index (χ1n) is 8.12. The summed E-state index contributed by atoms with van der Waals surface area (Å²) in [5.74, 6) is -0.0476. The Morgan fingerprint density at radius 2 is 2.04 bits per heavy atom. The predicted octanol–water partition coefficient (Wildman–Crippen LogP) is 5.54. The Kier molecular flexibility index (Phi) is 5.48. The zero-order valence-electron chi connectivity index (χ0n) is 13.5. The van der Waals surface area contributed by atoms with Crippen LogP contribution in [0.25, 0.3) is 21.5 Å². The number of fused-ring (bicyclic) bond motifs is 1. The quantitative estimate of drug-likeness (QED) is 0.588. The van der Waals surface area contributed by atoms with Crippen LogP contribution >= 0.6 is 22.9 Å². The number of halogens is 1. The molecular weight excluding hydrogens is 340 g/mol. The maximum Gasteiger partial charge on any atom is 0.252 e. The van der Waals surface area contributed by atoms with Crippen LogP contribution in [-0.4, -0.2) is 17.4 Å². The highest BCUT2D eigenvalue weighted by atomic mass is 35.5. The van der Waals surface area contributed by atoms with Crippen molar-refractivity contribution in [3.8, 4) is 10.6 Å². The molecule has 24 heavy (non-hydrogen) atoms. The van der Waals surface area contributed by atoms with Crippen LogP contribution in [0.3, 0.4) is 0 Å². The molecule has 3 rings (SSSR count). The molecule has 3 aromatic rings. The van der Waals surface area contributed by atoms with Gasteiger partial charge in [0.25, 0.3) is 5.91 Å². The zero-order valence-corrected chi connectivity index (χ0v) is 15.1. The van der Waals surface area contributed by atoms with Crippen molar-refractivity contribution >= 4 is 39.7 Å². The fraction of sp³-hybridized carbons (Fsp3) is 0.263. The largest absolute Gasteiger partial charge is 0.352 e. The summed E-state index contributed by atoms with van der Waals surface area (Å²) in [5.41, 5.74) is 2.26. The Morgan fingerprint density at radius 1 is 1.21 bits per heavy atom. The molecule has 3 nitrogen and oxygen atoms in total. The van der Waals surface area contributed by atoms with Gasteiger partial charge in [0, 0.05) is 11.9 Å². The van der Waals surface area contributed by atoms with E-state index in [1.54, 1.807) is 0 Å². The lowest BCUT2D eigenvalue weighted by atomic mass is 10.1. The molecule has 0 aliphatic heterocycles. The van der Waals surface area contributed by atoms with Gasteiger partial charge in [0.15, 0.2) is 0 Å². The standard InChI is InChI=1S/C19H19ClN2OS/c1-2-3-6-11-21-19(23)14-12-16(17-9-10-18(20)24-17)22-15-8-5-4-7-13(14)15/h4-5,7-10,12H,2-3,6,11H2,1H3,(H,21,23). The third-order valence-corrected chi connectivity index (χ3v) is 5.11. The molecule has 0 radical (unpaired) electrons. The smallest absolute Gasteiger partial charge is 0.252 e. The van der Waals surface area contributed by atoms with E-state index in [0.29, 0.717) is 16.4 Å². The number of unbranched alkanes of at least 4 members (excludes halogenated alkanes) is 2. The van der Waals surface area contributed by atoms with E-state index in [0.717, 1.165) is 40.7 Å². The molecule has 2 aromatic heterocycles. The Hall–Kier alpha value is -1.91. The minimum atomic E-state index is -0.0476. The molecule has 0 aliphatic carbocycles. The molecule has 0 spiro atoms. The number of para-hydroxylation sites is 1. The summed E-state index contributed by atoms with van der Waals surface area (Å²) in [6.45, 7) is 2.85. The number of aromatic nitrogens is 1. The summed E-state index contributed by atoms with van der Waals surface area (Å²) in [6, 6.07) is 13.4. The number of amides is 1. The molecule has 0 fully saturated rings. The molecule has 0 saturated heterocycles. The normalized spacial score (nSPS) is 10.9. The molecular formula is C19H19ClN2OS. The molecule has 124 valence electrons. The summed E-state index contributed by atoms with van der Waals surface area (Å²) < 4.78 is 0.713. The van der Waals surface area contributed by atoms with Crippen LogP contribution in [0.15, 0.2) is 42.5 Å². The Labute approximate surface area is 150 Å². The van der Waals surface area contributed by atoms with Gasteiger partial charge >= 0.3 is 0 Å². The van der Waals surface area contributed by atoms with Gasteiger partial charge in [0.2, 0.25) is 0 Å². The molecule has 0 unspecified atom stereocenters. The van der Waals surface area contributed by atoms with Crippen LogP contribution in [0.4, 0.5) is 0 Å². The highest BCUT2D eigenvalue weighted by Gasteiger charge is 2.14. The summed E-state index contributed by atoms with van der Waals surface area (Å²) in [6.07, 6.45) is 3.26. The van der Waals surface area contributed by atoms with Crippen LogP contribution in [0.1, 0.15) is 36.5 Å². The first kappa shape index (κ1) is 16.9. The second kappa shape index (κ2) is 7.77. The SMILES string of the molecule is CCCCCNC(=O)c1cc(-c2ccc(Cl)s2)nc2ccccc12. The number of thiophene rings is 1. The Bertz CT molecular complexity index is 859. The minimum absolute atomic E-state index is 0.0476. The molecule has 0 atom stereocenters. The van der Waals surface area contributed by atoms with E-state index in [1.807, 2.05) is 42.5 Å². The summed E-state index contributed by atoms with van der Waals surface area (Å²) >= 11 is 7.51. The number of carbonyl (C=O) groups is 1. The Balaban J connectivity index is 1.97. The number of rotatable bonds is 6. The van der Waals surface area contributed by atoms with Crippen LogP contribution in [-0.2, 0) is 0 Å². The highest BCUT2D eigenvalue weighted by Crippen LogP contribution is 2.32. The maximum absolute atomic E-state index is 12.6. The first-order chi connectivity index (χ1) is 11.7. The predicted molar refractivity (Wildman–Crippen MR) is 102 cm³/mol. The molecule has 0 saturated carbocycles. The van der Waals surface area contributed by atoms with Crippen LogP contribution in [0.5, 0.6) is 0 Å². The van der Waals surface area contributed by atoms with Gasteiger partial charge in [-0.25, -0.2) is 4.98 Å². The van der Waals surface area contributed by atoms with Crippen molar-refractivity contribution in [1.82, 2.24) is 10.3 Å². The molecule has 0 aliphatic rings.